The number of aromatic nitrogens is 2. The van der Waals surface area contributed by atoms with Gasteiger partial charge in [0.05, 0.1) is 11.8 Å². The Morgan fingerprint density at radius 2 is 1.90 bits per heavy atom. The molecule has 0 atom stereocenters. The molecule has 3 N–H and O–H groups in total. The van der Waals surface area contributed by atoms with Gasteiger partial charge in [-0.25, -0.2) is 9.37 Å². The Morgan fingerprint density at radius 1 is 1.20 bits per heavy atom. The molecule has 0 aliphatic carbocycles. The minimum Gasteiger partial charge on any atom is -0.368 e. The monoisotopic (exact) mass is 286 g/mol. The van der Waals surface area contributed by atoms with E-state index in [2.05, 4.69) is 15.3 Å². The summed E-state index contributed by atoms with van der Waals surface area (Å²) < 4.78 is 51.7. The van der Waals surface area contributed by atoms with Gasteiger partial charge in [-0.15, -0.1) is 0 Å². The molecule has 0 spiro atoms. The molecule has 0 aliphatic rings. The third-order valence-corrected chi connectivity index (χ3v) is 2.53. The van der Waals surface area contributed by atoms with Crippen LogP contribution in [0.25, 0.3) is 0 Å². The van der Waals surface area contributed by atoms with Crippen molar-refractivity contribution in [2.75, 3.05) is 11.1 Å². The molecule has 0 amide bonds. The summed E-state index contributed by atoms with van der Waals surface area (Å²) in [6.07, 6.45) is -3.62. The van der Waals surface area contributed by atoms with Crippen molar-refractivity contribution < 1.29 is 17.6 Å². The molecule has 1 aromatic carbocycles. The van der Waals surface area contributed by atoms with Gasteiger partial charge in [-0.1, -0.05) is 18.2 Å². The van der Waals surface area contributed by atoms with Gasteiger partial charge in [0.2, 0.25) is 5.95 Å². The molecule has 0 saturated carbocycles. The maximum absolute atomic E-state index is 13.3. The molecule has 2 rings (SSSR count). The summed E-state index contributed by atoms with van der Waals surface area (Å²) in [6.45, 7) is -0.233. The number of nitrogens with one attached hydrogen (secondary N) is 1. The predicted octanol–water partition coefficient (Wildman–Crippen LogP) is 2.83. The van der Waals surface area contributed by atoms with Crippen molar-refractivity contribution in [3.05, 3.63) is 47.4 Å². The normalized spacial score (nSPS) is 11.4. The van der Waals surface area contributed by atoms with Crippen LogP contribution in [-0.4, -0.2) is 9.97 Å². The van der Waals surface area contributed by atoms with Gasteiger partial charge >= 0.3 is 6.18 Å². The standard InChI is InChI=1S/C12H10F4N4/c13-9-6-19-11(17)20-10(9)18-5-7-3-1-2-4-8(7)12(14,15)16/h1-4,6H,5H2,(H3,17,18,19,20). The predicted molar refractivity (Wildman–Crippen MR) is 65.2 cm³/mol. The molecule has 8 heteroatoms. The fraction of sp³-hybridized carbons (Fsp3) is 0.167. The second kappa shape index (κ2) is 5.32. The summed E-state index contributed by atoms with van der Waals surface area (Å²) in [7, 11) is 0. The van der Waals surface area contributed by atoms with Crippen LogP contribution in [0.4, 0.5) is 29.3 Å². The van der Waals surface area contributed by atoms with E-state index in [0.29, 0.717) is 0 Å². The second-order valence-electron chi connectivity index (χ2n) is 3.93. The van der Waals surface area contributed by atoms with Crippen LogP contribution in [0.1, 0.15) is 11.1 Å². The van der Waals surface area contributed by atoms with Crippen LogP contribution in [-0.2, 0) is 12.7 Å². The first kappa shape index (κ1) is 14.0. The number of halogens is 4. The van der Waals surface area contributed by atoms with Crippen LogP contribution < -0.4 is 11.1 Å². The lowest BCUT2D eigenvalue weighted by molar-refractivity contribution is -0.138. The van der Waals surface area contributed by atoms with E-state index in [1.807, 2.05) is 0 Å². The topological polar surface area (TPSA) is 63.8 Å². The Bertz CT molecular complexity index is 613. The maximum atomic E-state index is 13.3. The van der Waals surface area contributed by atoms with Gasteiger partial charge in [-0.05, 0) is 11.6 Å². The summed E-state index contributed by atoms with van der Waals surface area (Å²) in [5, 5.41) is 2.48. The highest BCUT2D eigenvalue weighted by Crippen LogP contribution is 2.32. The minimum atomic E-state index is -4.47. The average molecular weight is 286 g/mol. The quantitative estimate of drug-likeness (QED) is 0.852. The Kier molecular flexibility index (Phi) is 3.73. The van der Waals surface area contributed by atoms with Crippen LogP contribution >= 0.6 is 0 Å². The molecule has 0 aliphatic heterocycles. The van der Waals surface area contributed by atoms with E-state index in [1.165, 1.54) is 18.2 Å². The first-order chi connectivity index (χ1) is 9.38. The smallest absolute Gasteiger partial charge is 0.368 e. The lowest BCUT2D eigenvalue weighted by atomic mass is 10.1. The number of benzene rings is 1. The molecule has 0 unspecified atom stereocenters. The first-order valence-electron chi connectivity index (χ1n) is 5.55. The van der Waals surface area contributed by atoms with Crippen molar-refractivity contribution in [1.29, 1.82) is 0 Å². The number of hydrogen-bond donors (Lipinski definition) is 2. The molecule has 2 aromatic rings. The zero-order chi connectivity index (χ0) is 14.8. The molecule has 4 nitrogen and oxygen atoms in total. The highest BCUT2D eigenvalue weighted by atomic mass is 19.4. The fourth-order valence-corrected chi connectivity index (χ4v) is 1.63. The summed E-state index contributed by atoms with van der Waals surface area (Å²) in [5.74, 6) is -1.20. The Hall–Kier alpha value is -2.38. The third-order valence-electron chi connectivity index (χ3n) is 2.53. The van der Waals surface area contributed by atoms with Crippen LogP contribution in [0.15, 0.2) is 30.5 Å². The van der Waals surface area contributed by atoms with Gasteiger partial charge in [0.15, 0.2) is 11.6 Å². The zero-order valence-electron chi connectivity index (χ0n) is 10.1. The van der Waals surface area contributed by atoms with Crippen LogP contribution in [0.3, 0.4) is 0 Å². The van der Waals surface area contributed by atoms with Crippen molar-refractivity contribution >= 4 is 11.8 Å². The van der Waals surface area contributed by atoms with Gasteiger partial charge in [0.1, 0.15) is 0 Å². The van der Waals surface area contributed by atoms with E-state index < -0.39 is 17.6 Å². The summed E-state index contributed by atoms with van der Waals surface area (Å²) in [6, 6.07) is 5.02. The van der Waals surface area contributed by atoms with Crippen molar-refractivity contribution in [3.63, 3.8) is 0 Å². The van der Waals surface area contributed by atoms with Crippen molar-refractivity contribution in [3.8, 4) is 0 Å². The molecule has 106 valence electrons. The number of nitrogens with zero attached hydrogens (tertiary/aromatic N) is 2. The first-order valence-corrected chi connectivity index (χ1v) is 5.55. The van der Waals surface area contributed by atoms with E-state index in [0.717, 1.165) is 12.3 Å². The van der Waals surface area contributed by atoms with Crippen LogP contribution in [0, 0.1) is 5.82 Å². The number of nitrogen functional groups attached to an aromatic ring is 1. The van der Waals surface area contributed by atoms with E-state index in [4.69, 9.17) is 5.73 Å². The minimum absolute atomic E-state index is 0.0171. The number of rotatable bonds is 3. The Morgan fingerprint density at radius 3 is 2.60 bits per heavy atom. The lowest BCUT2D eigenvalue weighted by Gasteiger charge is -2.13. The molecule has 0 radical (unpaired) electrons. The summed E-state index contributed by atoms with van der Waals surface area (Å²) in [5.41, 5.74) is 4.49. The number of nitrogens with two attached hydrogens (primary N) is 1. The number of hydrogen-bond acceptors (Lipinski definition) is 4. The molecule has 1 aromatic heterocycles. The highest BCUT2D eigenvalue weighted by Gasteiger charge is 2.32. The fourth-order valence-electron chi connectivity index (χ4n) is 1.63. The highest BCUT2D eigenvalue weighted by molar-refractivity contribution is 5.41. The third kappa shape index (κ3) is 3.14. The molecule has 0 bridgehead atoms. The Balaban J connectivity index is 2.21. The largest absolute Gasteiger partial charge is 0.416 e. The molecular formula is C12H10F4N4. The van der Waals surface area contributed by atoms with E-state index in [9.17, 15) is 17.6 Å². The van der Waals surface area contributed by atoms with Gasteiger partial charge in [0, 0.05) is 6.54 Å². The molecule has 0 fully saturated rings. The van der Waals surface area contributed by atoms with Gasteiger partial charge in [-0.3, -0.25) is 0 Å². The van der Waals surface area contributed by atoms with E-state index >= 15 is 0 Å². The second-order valence-corrected chi connectivity index (χ2v) is 3.93. The Labute approximate surface area is 111 Å². The van der Waals surface area contributed by atoms with Gasteiger partial charge in [0.25, 0.3) is 0 Å². The molecule has 0 saturated heterocycles. The van der Waals surface area contributed by atoms with E-state index in [1.54, 1.807) is 0 Å². The molecule has 1 heterocycles. The molecule has 20 heavy (non-hydrogen) atoms. The SMILES string of the molecule is Nc1ncc(F)c(NCc2ccccc2C(F)(F)F)n1. The van der Waals surface area contributed by atoms with Crippen molar-refractivity contribution in [2.24, 2.45) is 0 Å². The summed E-state index contributed by atoms with van der Waals surface area (Å²) in [4.78, 5) is 7.00. The number of alkyl halides is 3. The lowest BCUT2D eigenvalue weighted by Crippen LogP contribution is -2.13. The molecular weight excluding hydrogens is 276 g/mol. The van der Waals surface area contributed by atoms with Gasteiger partial charge in [-0.2, -0.15) is 18.2 Å². The van der Waals surface area contributed by atoms with Crippen LogP contribution in [0.5, 0.6) is 0 Å². The average Bonchev–Trinajstić information content (AvgIpc) is 2.39. The number of anilines is 2. The van der Waals surface area contributed by atoms with Crippen molar-refractivity contribution in [2.45, 2.75) is 12.7 Å². The van der Waals surface area contributed by atoms with Crippen LogP contribution in [0.2, 0.25) is 0 Å². The maximum Gasteiger partial charge on any atom is 0.416 e. The van der Waals surface area contributed by atoms with E-state index in [-0.39, 0.29) is 23.9 Å². The van der Waals surface area contributed by atoms with Crippen molar-refractivity contribution in [1.82, 2.24) is 9.97 Å². The van der Waals surface area contributed by atoms with Gasteiger partial charge < -0.3 is 11.1 Å². The summed E-state index contributed by atoms with van der Waals surface area (Å²) >= 11 is 0. The zero-order valence-corrected chi connectivity index (χ0v) is 10.1.